The molecule has 1 amide bonds. The summed E-state index contributed by atoms with van der Waals surface area (Å²) in [6, 6.07) is 10.1. The number of benzene rings is 2. The Morgan fingerprint density at radius 3 is 2.59 bits per heavy atom. The Hall–Kier alpha value is -3.47. The molecule has 1 aliphatic heterocycles. The number of ether oxygens (including phenoxy) is 1. The van der Waals surface area contributed by atoms with Crippen molar-refractivity contribution in [1.82, 2.24) is 5.01 Å². The molecule has 1 atom stereocenters. The molecule has 1 heterocycles. The highest BCUT2D eigenvalue weighted by Gasteiger charge is 2.63. The fourth-order valence-electron chi connectivity index (χ4n) is 2.82. The molecule has 1 N–H and O–H groups in total. The molecular formula is C18H14F3N3O5. The molecule has 2 aromatic rings. The largest absolute Gasteiger partial charge is 0.497 e. The number of aliphatic hydroxyl groups is 1. The van der Waals surface area contributed by atoms with Crippen molar-refractivity contribution in [1.29, 1.82) is 0 Å². The summed E-state index contributed by atoms with van der Waals surface area (Å²) in [4.78, 5) is 22.9. The lowest BCUT2D eigenvalue weighted by Gasteiger charge is -2.32. The van der Waals surface area contributed by atoms with Gasteiger partial charge in [0.05, 0.1) is 24.2 Å². The number of alkyl halides is 3. The SMILES string of the molecule is COc1cccc(C(=O)N2N=C(c3cccc([N+](=O)[O-])c3)C[C@]2(O)C(F)(F)F)c1. The molecule has 0 aromatic heterocycles. The molecule has 0 unspecified atom stereocenters. The van der Waals surface area contributed by atoms with E-state index in [9.17, 15) is 33.2 Å². The van der Waals surface area contributed by atoms with E-state index < -0.39 is 29.2 Å². The van der Waals surface area contributed by atoms with Crippen molar-refractivity contribution < 1.29 is 32.7 Å². The van der Waals surface area contributed by atoms with Gasteiger partial charge in [0.15, 0.2) is 0 Å². The molecule has 152 valence electrons. The van der Waals surface area contributed by atoms with E-state index >= 15 is 0 Å². The third kappa shape index (κ3) is 3.63. The average Bonchev–Trinajstić information content (AvgIpc) is 3.06. The van der Waals surface area contributed by atoms with Gasteiger partial charge < -0.3 is 9.84 Å². The number of nitrogens with zero attached hydrogens (tertiary/aromatic N) is 3. The highest BCUT2D eigenvalue weighted by atomic mass is 19.4. The molecule has 0 saturated heterocycles. The first-order valence-electron chi connectivity index (χ1n) is 8.17. The van der Waals surface area contributed by atoms with Gasteiger partial charge >= 0.3 is 6.18 Å². The van der Waals surface area contributed by atoms with Crippen LogP contribution < -0.4 is 4.74 Å². The van der Waals surface area contributed by atoms with Crippen LogP contribution in [0.5, 0.6) is 5.75 Å². The number of halogens is 3. The minimum atomic E-state index is -5.23. The van der Waals surface area contributed by atoms with Gasteiger partial charge in [-0.3, -0.25) is 14.9 Å². The minimum absolute atomic E-state index is 0.0113. The summed E-state index contributed by atoms with van der Waals surface area (Å²) in [6.45, 7) is 0. The molecule has 11 heteroatoms. The van der Waals surface area contributed by atoms with Gasteiger partial charge in [0.1, 0.15) is 5.75 Å². The molecule has 0 bridgehead atoms. The number of carbonyl (C=O) groups excluding carboxylic acids is 1. The molecule has 0 radical (unpaired) electrons. The normalized spacial score (nSPS) is 19.1. The smallest absolute Gasteiger partial charge is 0.438 e. The van der Waals surface area contributed by atoms with Crippen molar-refractivity contribution >= 4 is 17.3 Å². The van der Waals surface area contributed by atoms with E-state index in [1.165, 1.54) is 43.5 Å². The first kappa shape index (κ1) is 20.3. The molecule has 1 aliphatic rings. The van der Waals surface area contributed by atoms with Crippen molar-refractivity contribution in [2.75, 3.05) is 7.11 Å². The predicted molar refractivity (Wildman–Crippen MR) is 94.4 cm³/mol. The highest BCUT2D eigenvalue weighted by molar-refractivity contribution is 6.05. The van der Waals surface area contributed by atoms with Crippen molar-refractivity contribution in [3.63, 3.8) is 0 Å². The van der Waals surface area contributed by atoms with Crippen LogP contribution in [0.15, 0.2) is 53.6 Å². The average molecular weight is 409 g/mol. The molecule has 0 saturated carbocycles. The Morgan fingerprint density at radius 1 is 1.28 bits per heavy atom. The highest BCUT2D eigenvalue weighted by Crippen LogP contribution is 2.42. The van der Waals surface area contributed by atoms with E-state index in [1.54, 1.807) is 0 Å². The van der Waals surface area contributed by atoms with E-state index in [1.807, 2.05) is 0 Å². The number of amides is 1. The van der Waals surface area contributed by atoms with Crippen molar-refractivity contribution in [3.8, 4) is 5.75 Å². The lowest BCUT2D eigenvalue weighted by atomic mass is 10.00. The summed E-state index contributed by atoms with van der Waals surface area (Å²) in [6.07, 6.45) is -6.30. The maximum atomic E-state index is 13.7. The van der Waals surface area contributed by atoms with Gasteiger partial charge in [-0.15, -0.1) is 0 Å². The topological polar surface area (TPSA) is 105 Å². The fourth-order valence-corrected chi connectivity index (χ4v) is 2.82. The zero-order valence-corrected chi connectivity index (χ0v) is 14.9. The minimum Gasteiger partial charge on any atom is -0.497 e. The van der Waals surface area contributed by atoms with E-state index in [4.69, 9.17) is 4.74 Å². The Kier molecular flexibility index (Phi) is 5.01. The predicted octanol–water partition coefficient (Wildman–Crippen LogP) is 3.10. The molecule has 2 aromatic carbocycles. The molecule has 29 heavy (non-hydrogen) atoms. The second-order valence-corrected chi connectivity index (χ2v) is 6.19. The van der Waals surface area contributed by atoms with Gasteiger partial charge in [-0.25, -0.2) is 0 Å². The molecular weight excluding hydrogens is 395 g/mol. The van der Waals surface area contributed by atoms with Crippen LogP contribution >= 0.6 is 0 Å². The van der Waals surface area contributed by atoms with Crippen LogP contribution in [0.25, 0.3) is 0 Å². The molecule has 8 nitrogen and oxygen atoms in total. The molecule has 3 rings (SSSR count). The van der Waals surface area contributed by atoms with Crippen LogP contribution in [0, 0.1) is 10.1 Å². The van der Waals surface area contributed by atoms with Gasteiger partial charge in [-0.1, -0.05) is 18.2 Å². The van der Waals surface area contributed by atoms with Crippen molar-refractivity contribution in [2.45, 2.75) is 18.3 Å². The zero-order valence-electron chi connectivity index (χ0n) is 14.9. The van der Waals surface area contributed by atoms with Crippen molar-refractivity contribution in [2.24, 2.45) is 5.10 Å². The van der Waals surface area contributed by atoms with Crippen LogP contribution in [0.1, 0.15) is 22.3 Å². The third-order valence-corrected chi connectivity index (χ3v) is 4.34. The number of non-ortho nitro benzene ring substituents is 1. The van der Waals surface area contributed by atoms with Crippen LogP contribution in [0.2, 0.25) is 0 Å². The lowest BCUT2D eigenvalue weighted by molar-refractivity contribution is -0.384. The summed E-state index contributed by atoms with van der Waals surface area (Å²) in [7, 11) is 1.32. The second-order valence-electron chi connectivity index (χ2n) is 6.19. The maximum absolute atomic E-state index is 13.7. The van der Waals surface area contributed by atoms with Gasteiger partial charge in [-0.05, 0) is 18.2 Å². The first-order chi connectivity index (χ1) is 13.6. The summed E-state index contributed by atoms with van der Waals surface area (Å²) >= 11 is 0. The zero-order chi connectivity index (χ0) is 21.4. The first-order valence-corrected chi connectivity index (χ1v) is 8.17. The van der Waals surface area contributed by atoms with E-state index in [0.717, 1.165) is 12.1 Å². The number of rotatable bonds is 4. The molecule has 0 aliphatic carbocycles. The monoisotopic (exact) mass is 409 g/mol. The van der Waals surface area contributed by atoms with Crippen molar-refractivity contribution in [3.05, 3.63) is 69.8 Å². The Labute approximate surface area is 162 Å². The van der Waals surface area contributed by atoms with Gasteiger partial charge in [-0.2, -0.15) is 23.3 Å². The maximum Gasteiger partial charge on any atom is 0.438 e. The van der Waals surface area contributed by atoms with Gasteiger partial charge in [0.25, 0.3) is 17.3 Å². The van der Waals surface area contributed by atoms with Crippen LogP contribution in [-0.2, 0) is 0 Å². The number of nitro groups is 1. The van der Waals surface area contributed by atoms with Crippen LogP contribution in [0.4, 0.5) is 18.9 Å². The third-order valence-electron chi connectivity index (χ3n) is 4.34. The number of hydrogen-bond donors (Lipinski definition) is 1. The molecule has 0 fully saturated rings. The quantitative estimate of drug-likeness (QED) is 0.617. The number of hydrogen-bond acceptors (Lipinski definition) is 6. The number of methoxy groups -OCH3 is 1. The Bertz CT molecular complexity index is 1010. The van der Waals surface area contributed by atoms with Crippen LogP contribution in [-0.4, -0.2) is 45.7 Å². The van der Waals surface area contributed by atoms with E-state index in [2.05, 4.69) is 5.10 Å². The number of nitro benzene ring substituents is 1. The summed E-state index contributed by atoms with van der Waals surface area (Å²) in [5.74, 6) is -0.974. The Balaban J connectivity index is 2.07. The van der Waals surface area contributed by atoms with Gasteiger partial charge in [0, 0.05) is 23.3 Å². The Morgan fingerprint density at radius 2 is 1.97 bits per heavy atom. The number of hydrazone groups is 1. The van der Waals surface area contributed by atoms with Gasteiger partial charge in [0.2, 0.25) is 0 Å². The molecule has 0 spiro atoms. The van der Waals surface area contributed by atoms with E-state index in [0.29, 0.717) is 0 Å². The lowest BCUT2D eigenvalue weighted by Crippen LogP contribution is -2.56. The van der Waals surface area contributed by atoms with Crippen LogP contribution in [0.3, 0.4) is 0 Å². The fraction of sp³-hybridized carbons (Fsp3) is 0.222. The summed E-state index contributed by atoms with van der Waals surface area (Å²) in [5, 5.41) is 24.9. The number of carbonyl (C=O) groups is 1. The summed E-state index contributed by atoms with van der Waals surface area (Å²) in [5.41, 5.74) is -4.48. The standard InChI is InChI=1S/C18H14F3N3O5/c1-29-14-7-3-5-12(9-14)16(25)23-17(26,18(19,20)21)10-15(22-23)11-4-2-6-13(8-11)24(27)28/h2-9,26H,10H2,1H3/t17-/m0/s1. The summed E-state index contributed by atoms with van der Waals surface area (Å²) < 4.78 is 45.9. The van der Waals surface area contributed by atoms with E-state index in [-0.39, 0.29) is 33.3 Å². The second kappa shape index (κ2) is 7.17.